The fourth-order valence-electron chi connectivity index (χ4n) is 5.83. The molecule has 0 bridgehead atoms. The van der Waals surface area contributed by atoms with Gasteiger partial charge in [0.2, 0.25) is 0 Å². The monoisotopic (exact) mass is 609 g/mol. The third-order valence-corrected chi connectivity index (χ3v) is 9.47. The summed E-state index contributed by atoms with van der Waals surface area (Å²) in [6.07, 6.45) is 28.5. The maximum atomic E-state index is 12.8. The van der Waals surface area contributed by atoms with Crippen LogP contribution in [0.15, 0.2) is 41.3 Å². The molecule has 0 saturated heterocycles. The largest absolute Gasteiger partial charge is 0.422 e. The summed E-state index contributed by atoms with van der Waals surface area (Å²) in [5.41, 5.74) is 4.93. The fourth-order valence-corrected chi connectivity index (χ4v) is 6.42. The molecular weight excluding hydrogens is 547 g/mol. The van der Waals surface area contributed by atoms with E-state index in [1.165, 1.54) is 151 Å². The number of unbranched alkanes of at least 4 members (excludes halogenated alkanes) is 18. The lowest BCUT2D eigenvalue weighted by Crippen LogP contribution is -2.21. The Bertz CT molecular complexity index is 1000. The van der Waals surface area contributed by atoms with E-state index in [0.29, 0.717) is 5.75 Å². The zero-order valence-corrected chi connectivity index (χ0v) is 29.1. The number of aryl methyl sites for hydroxylation is 4. The molecule has 0 heterocycles. The molecule has 4 heteroatoms. The van der Waals surface area contributed by atoms with Gasteiger partial charge in [-0.3, -0.25) is 4.72 Å². The maximum Gasteiger partial charge on any atom is 0.422 e. The molecule has 3 nitrogen and oxygen atoms in total. The summed E-state index contributed by atoms with van der Waals surface area (Å²) in [5.74, 6) is 0.710. The number of hydrogen-bond donors (Lipinski definition) is 1. The van der Waals surface area contributed by atoms with Crippen LogP contribution in [0.5, 0.6) is 5.75 Å². The SMILES string of the molecule is CCCCCCCCCCCCc1ccc(OC(=O)NSc2ccc(C)cc2C)c(CCCCCCCCCCCC)c1. The van der Waals surface area contributed by atoms with Crippen molar-refractivity contribution in [1.29, 1.82) is 0 Å². The number of carbonyl (C=O) groups excluding carboxylic acids is 1. The molecule has 1 amide bonds. The van der Waals surface area contributed by atoms with Gasteiger partial charge in [0.1, 0.15) is 5.75 Å². The molecule has 0 saturated carbocycles. The van der Waals surface area contributed by atoms with Gasteiger partial charge >= 0.3 is 6.09 Å². The first-order valence-corrected chi connectivity index (χ1v) is 18.7. The van der Waals surface area contributed by atoms with Crippen molar-refractivity contribution in [1.82, 2.24) is 4.72 Å². The third kappa shape index (κ3) is 17.8. The second-order valence-corrected chi connectivity index (χ2v) is 13.5. The van der Waals surface area contributed by atoms with Crippen LogP contribution in [0.2, 0.25) is 0 Å². The molecule has 43 heavy (non-hydrogen) atoms. The van der Waals surface area contributed by atoms with Crippen molar-refractivity contribution >= 4 is 18.0 Å². The molecule has 242 valence electrons. The lowest BCUT2D eigenvalue weighted by molar-refractivity contribution is 0.207. The van der Waals surface area contributed by atoms with Gasteiger partial charge in [-0.15, -0.1) is 0 Å². The van der Waals surface area contributed by atoms with E-state index in [1.807, 2.05) is 6.07 Å². The summed E-state index contributed by atoms with van der Waals surface area (Å²) >= 11 is 1.33. The highest BCUT2D eigenvalue weighted by molar-refractivity contribution is 7.98. The van der Waals surface area contributed by atoms with Crippen LogP contribution in [0.1, 0.15) is 165 Å². The van der Waals surface area contributed by atoms with Crippen molar-refractivity contribution in [2.45, 2.75) is 174 Å². The molecule has 0 fully saturated rings. The van der Waals surface area contributed by atoms with E-state index < -0.39 is 6.09 Å². The van der Waals surface area contributed by atoms with E-state index in [4.69, 9.17) is 4.74 Å². The third-order valence-electron chi connectivity index (χ3n) is 8.52. The molecule has 0 spiro atoms. The van der Waals surface area contributed by atoms with Gasteiger partial charge in [0, 0.05) is 4.90 Å². The lowest BCUT2D eigenvalue weighted by Gasteiger charge is -2.13. The zero-order valence-electron chi connectivity index (χ0n) is 28.2. The number of carbonyl (C=O) groups is 1. The summed E-state index contributed by atoms with van der Waals surface area (Å²) in [5, 5.41) is 0. The Morgan fingerprint density at radius 2 is 1.14 bits per heavy atom. The Labute approximate surface area is 269 Å². The summed E-state index contributed by atoms with van der Waals surface area (Å²) in [7, 11) is 0. The Morgan fingerprint density at radius 3 is 1.67 bits per heavy atom. The molecule has 2 aromatic carbocycles. The van der Waals surface area contributed by atoms with Gasteiger partial charge < -0.3 is 4.74 Å². The fraction of sp³-hybridized carbons (Fsp3) is 0.667. The number of amides is 1. The molecular formula is C39H63NO2S. The van der Waals surface area contributed by atoms with E-state index in [0.717, 1.165) is 29.7 Å². The highest BCUT2D eigenvalue weighted by atomic mass is 32.2. The quantitative estimate of drug-likeness (QED) is 0.0899. The van der Waals surface area contributed by atoms with Crippen LogP contribution in [-0.4, -0.2) is 6.09 Å². The topological polar surface area (TPSA) is 38.3 Å². The van der Waals surface area contributed by atoms with Crippen molar-refractivity contribution in [2.24, 2.45) is 0 Å². The van der Waals surface area contributed by atoms with Gasteiger partial charge in [-0.2, -0.15) is 0 Å². The molecule has 0 aromatic heterocycles. The average molecular weight is 610 g/mol. The minimum absolute atomic E-state index is 0.406. The average Bonchev–Trinajstić information content (AvgIpc) is 2.99. The molecule has 1 N–H and O–H groups in total. The predicted octanol–water partition coefficient (Wildman–Crippen LogP) is 13.0. The van der Waals surface area contributed by atoms with Crippen LogP contribution >= 0.6 is 11.9 Å². The lowest BCUT2D eigenvalue weighted by atomic mass is 9.99. The number of rotatable bonds is 25. The van der Waals surface area contributed by atoms with E-state index >= 15 is 0 Å². The summed E-state index contributed by atoms with van der Waals surface area (Å²) in [6.45, 7) is 8.72. The zero-order chi connectivity index (χ0) is 31.0. The van der Waals surface area contributed by atoms with E-state index in [1.54, 1.807) is 0 Å². The van der Waals surface area contributed by atoms with Crippen LogP contribution in [0.3, 0.4) is 0 Å². The number of ether oxygens (including phenoxy) is 1. The Balaban J connectivity index is 1.82. The van der Waals surface area contributed by atoms with Crippen molar-refractivity contribution in [3.05, 3.63) is 58.7 Å². The maximum absolute atomic E-state index is 12.8. The second kappa shape index (κ2) is 24.4. The molecule has 0 aliphatic carbocycles. The molecule has 0 atom stereocenters. The molecule has 0 radical (unpaired) electrons. The first kappa shape index (κ1) is 37.2. The molecule has 2 rings (SSSR count). The number of benzene rings is 2. The van der Waals surface area contributed by atoms with Crippen LogP contribution in [0.25, 0.3) is 0 Å². The van der Waals surface area contributed by atoms with Crippen LogP contribution < -0.4 is 9.46 Å². The van der Waals surface area contributed by atoms with Crippen LogP contribution in [0.4, 0.5) is 4.79 Å². The van der Waals surface area contributed by atoms with Gasteiger partial charge in [-0.05, 0) is 80.3 Å². The van der Waals surface area contributed by atoms with Gasteiger partial charge in [-0.25, -0.2) is 4.79 Å². The van der Waals surface area contributed by atoms with Crippen molar-refractivity contribution in [3.8, 4) is 5.75 Å². The minimum Gasteiger partial charge on any atom is -0.409 e. The first-order chi connectivity index (χ1) is 21.0. The normalized spacial score (nSPS) is 11.2. The van der Waals surface area contributed by atoms with Gasteiger partial charge in [0.15, 0.2) is 0 Å². The van der Waals surface area contributed by atoms with Gasteiger partial charge in [-0.1, -0.05) is 159 Å². The first-order valence-electron chi connectivity index (χ1n) is 17.9. The van der Waals surface area contributed by atoms with Crippen molar-refractivity contribution < 1.29 is 9.53 Å². The Morgan fingerprint density at radius 1 is 0.628 bits per heavy atom. The summed E-state index contributed by atoms with van der Waals surface area (Å²) in [6, 6.07) is 12.7. The second-order valence-electron chi connectivity index (χ2n) is 12.7. The van der Waals surface area contributed by atoms with E-state index in [2.05, 4.69) is 62.7 Å². The Kier molecular flexibility index (Phi) is 21.1. The summed E-state index contributed by atoms with van der Waals surface area (Å²) in [4.78, 5) is 13.8. The smallest absolute Gasteiger partial charge is 0.409 e. The van der Waals surface area contributed by atoms with E-state index in [9.17, 15) is 4.79 Å². The van der Waals surface area contributed by atoms with Crippen LogP contribution in [-0.2, 0) is 12.8 Å². The van der Waals surface area contributed by atoms with Crippen molar-refractivity contribution in [3.63, 3.8) is 0 Å². The standard InChI is InChI=1S/C39H63NO2S/c1-5-7-9-11-13-15-17-19-21-23-25-35-28-29-37(42-39(41)40-43-38-30-27-33(3)31-34(38)4)36(32-35)26-24-22-20-18-16-14-12-10-8-6-2/h27-32H,5-26H2,1-4H3,(H,40,41). The highest BCUT2D eigenvalue weighted by Crippen LogP contribution is 2.26. The Hall–Kier alpha value is -1.94. The number of nitrogens with one attached hydrogen (secondary N) is 1. The van der Waals surface area contributed by atoms with E-state index in [-0.39, 0.29) is 0 Å². The number of hydrogen-bond acceptors (Lipinski definition) is 3. The minimum atomic E-state index is -0.406. The summed E-state index contributed by atoms with van der Waals surface area (Å²) < 4.78 is 8.75. The molecule has 2 aromatic rings. The van der Waals surface area contributed by atoms with Crippen molar-refractivity contribution in [2.75, 3.05) is 0 Å². The van der Waals surface area contributed by atoms with Gasteiger partial charge in [0.05, 0.1) is 0 Å². The van der Waals surface area contributed by atoms with Gasteiger partial charge in [0.25, 0.3) is 0 Å². The molecule has 0 aliphatic rings. The molecule has 0 unspecified atom stereocenters. The predicted molar refractivity (Wildman–Crippen MR) is 188 cm³/mol. The van der Waals surface area contributed by atoms with Crippen LogP contribution in [0, 0.1) is 13.8 Å². The highest BCUT2D eigenvalue weighted by Gasteiger charge is 2.12. The molecule has 0 aliphatic heterocycles.